The van der Waals surface area contributed by atoms with Crippen LogP contribution >= 0.6 is 0 Å². The fourth-order valence-corrected chi connectivity index (χ4v) is 3.39. The molecular formula is C22H18N4O7. The Morgan fingerprint density at radius 1 is 0.970 bits per heavy atom. The van der Waals surface area contributed by atoms with E-state index >= 15 is 0 Å². The van der Waals surface area contributed by atoms with Crippen LogP contribution in [0.5, 0.6) is 0 Å². The lowest BCUT2D eigenvalue weighted by molar-refractivity contribution is 0.0526. The minimum absolute atomic E-state index is 0.0714. The molecule has 0 fully saturated rings. The predicted molar refractivity (Wildman–Crippen MR) is 115 cm³/mol. The van der Waals surface area contributed by atoms with Crippen LogP contribution in [0.1, 0.15) is 38.0 Å². The van der Waals surface area contributed by atoms with Crippen LogP contribution in [0, 0.1) is 0 Å². The maximum absolute atomic E-state index is 13.3. The first kappa shape index (κ1) is 21.7. The fourth-order valence-electron chi connectivity index (χ4n) is 3.39. The van der Waals surface area contributed by atoms with Crippen molar-refractivity contribution in [3.63, 3.8) is 0 Å². The number of hydrogen-bond acceptors (Lipinski definition) is 9. The molecule has 0 saturated carbocycles. The van der Waals surface area contributed by atoms with E-state index in [9.17, 15) is 19.2 Å². The molecule has 0 unspecified atom stereocenters. The Labute approximate surface area is 186 Å². The summed E-state index contributed by atoms with van der Waals surface area (Å²) in [6.45, 7) is 1.89. The maximum Gasteiger partial charge on any atom is 0.343 e. The molecule has 3 aromatic heterocycles. The number of nitrogens with zero attached hydrogens (tertiary/aromatic N) is 4. The van der Waals surface area contributed by atoms with Gasteiger partial charge in [0.15, 0.2) is 5.65 Å². The first-order chi connectivity index (χ1) is 15.9. The minimum atomic E-state index is -0.678. The lowest BCUT2D eigenvalue weighted by atomic mass is 10.1. The smallest absolute Gasteiger partial charge is 0.343 e. The second kappa shape index (κ2) is 8.54. The van der Waals surface area contributed by atoms with Gasteiger partial charge in [0.2, 0.25) is 0 Å². The molecule has 0 bridgehead atoms. The van der Waals surface area contributed by atoms with Gasteiger partial charge in [-0.3, -0.25) is 9.36 Å². The van der Waals surface area contributed by atoms with Crippen LogP contribution in [-0.4, -0.2) is 57.9 Å². The summed E-state index contributed by atoms with van der Waals surface area (Å²) in [5, 5.41) is 4.37. The van der Waals surface area contributed by atoms with Crippen LogP contribution in [0.15, 0.2) is 47.7 Å². The van der Waals surface area contributed by atoms with Gasteiger partial charge >= 0.3 is 17.9 Å². The van der Waals surface area contributed by atoms with E-state index in [0.717, 1.165) is 0 Å². The van der Waals surface area contributed by atoms with Gasteiger partial charge in [-0.15, -0.1) is 0 Å². The highest BCUT2D eigenvalue weighted by molar-refractivity contribution is 5.97. The molecule has 0 saturated heterocycles. The SMILES string of the molecule is CCOC(=O)c1cnn2c1ncc1c(=O)n(-c3cc(C(=O)OC)cc(C(=O)OC)c3)ccc12. The summed E-state index contributed by atoms with van der Waals surface area (Å²) < 4.78 is 17.1. The predicted octanol–water partition coefficient (Wildman–Crippen LogP) is 1.78. The van der Waals surface area contributed by atoms with Crippen LogP contribution in [0.25, 0.3) is 22.2 Å². The lowest BCUT2D eigenvalue weighted by Gasteiger charge is -2.11. The number of carbonyl (C=O) groups excluding carboxylic acids is 3. The van der Waals surface area contributed by atoms with Gasteiger partial charge in [-0.2, -0.15) is 5.10 Å². The average Bonchev–Trinajstić information content (AvgIpc) is 3.28. The van der Waals surface area contributed by atoms with Gasteiger partial charge in [0, 0.05) is 12.4 Å². The molecule has 1 aromatic carbocycles. The first-order valence-electron chi connectivity index (χ1n) is 9.77. The number of methoxy groups -OCH3 is 2. The van der Waals surface area contributed by atoms with E-state index < -0.39 is 23.5 Å². The number of benzene rings is 1. The van der Waals surface area contributed by atoms with Crippen LogP contribution in [0.4, 0.5) is 0 Å². The number of esters is 3. The van der Waals surface area contributed by atoms with E-state index in [0.29, 0.717) is 5.52 Å². The van der Waals surface area contributed by atoms with Gasteiger partial charge in [-0.25, -0.2) is 23.9 Å². The van der Waals surface area contributed by atoms with Gasteiger partial charge in [-0.1, -0.05) is 0 Å². The highest BCUT2D eigenvalue weighted by atomic mass is 16.5. The molecule has 3 heterocycles. The van der Waals surface area contributed by atoms with E-state index in [-0.39, 0.29) is 40.0 Å². The topological polar surface area (TPSA) is 131 Å². The number of pyridine rings is 1. The zero-order valence-electron chi connectivity index (χ0n) is 17.9. The molecule has 11 nitrogen and oxygen atoms in total. The molecule has 0 N–H and O–H groups in total. The van der Waals surface area contributed by atoms with Crippen LogP contribution in [0.2, 0.25) is 0 Å². The van der Waals surface area contributed by atoms with E-state index in [1.54, 1.807) is 13.0 Å². The van der Waals surface area contributed by atoms with Crippen molar-refractivity contribution in [1.29, 1.82) is 0 Å². The van der Waals surface area contributed by atoms with Gasteiger partial charge < -0.3 is 14.2 Å². The number of rotatable bonds is 5. The molecular weight excluding hydrogens is 432 g/mol. The summed E-state index contributed by atoms with van der Waals surface area (Å²) in [6.07, 6.45) is 4.13. The quantitative estimate of drug-likeness (QED) is 0.330. The normalized spacial score (nSPS) is 10.9. The zero-order chi connectivity index (χ0) is 23.7. The minimum Gasteiger partial charge on any atom is -0.465 e. The Balaban J connectivity index is 1.91. The maximum atomic E-state index is 13.3. The van der Waals surface area contributed by atoms with Crippen LogP contribution < -0.4 is 5.56 Å². The molecule has 0 amide bonds. The van der Waals surface area contributed by atoms with Crippen LogP contribution in [0.3, 0.4) is 0 Å². The Morgan fingerprint density at radius 2 is 1.64 bits per heavy atom. The van der Waals surface area contributed by atoms with E-state index in [4.69, 9.17) is 14.2 Å². The van der Waals surface area contributed by atoms with Crippen molar-refractivity contribution in [3.05, 3.63) is 69.9 Å². The summed E-state index contributed by atoms with van der Waals surface area (Å²) in [5.74, 6) is -1.92. The molecule has 11 heteroatoms. The number of hydrogen-bond donors (Lipinski definition) is 0. The van der Waals surface area contributed by atoms with Crippen molar-refractivity contribution < 1.29 is 28.6 Å². The molecule has 168 valence electrons. The number of aromatic nitrogens is 4. The lowest BCUT2D eigenvalue weighted by Crippen LogP contribution is -2.20. The van der Waals surface area contributed by atoms with Crippen molar-refractivity contribution in [2.45, 2.75) is 6.92 Å². The van der Waals surface area contributed by atoms with Gasteiger partial charge in [0.05, 0.1) is 54.7 Å². The number of carbonyl (C=O) groups is 3. The summed E-state index contributed by atoms with van der Waals surface area (Å²) >= 11 is 0. The van der Waals surface area contributed by atoms with Gasteiger partial charge in [0.1, 0.15) is 5.56 Å². The monoisotopic (exact) mass is 450 g/mol. The fraction of sp³-hybridized carbons (Fsp3) is 0.182. The highest BCUT2D eigenvalue weighted by Gasteiger charge is 2.19. The standard InChI is InChI=1S/C22H18N4O7/c1-4-33-22(30)16-11-24-26-17-5-6-25(19(27)15(17)10-23-18(16)26)14-8-12(20(28)31-2)7-13(9-14)21(29)32-3/h5-11H,4H2,1-3H3. The molecule has 0 aliphatic carbocycles. The third-order valence-electron chi connectivity index (χ3n) is 4.93. The Bertz CT molecular complexity index is 1450. The molecule has 0 atom stereocenters. The molecule has 4 rings (SSSR count). The summed E-state index contributed by atoms with van der Waals surface area (Å²) in [5.41, 5.74) is 0.749. The van der Waals surface area contributed by atoms with Crippen molar-refractivity contribution in [2.24, 2.45) is 0 Å². The van der Waals surface area contributed by atoms with Crippen molar-refractivity contribution in [1.82, 2.24) is 19.2 Å². The molecule has 0 aliphatic rings. The Kier molecular flexibility index (Phi) is 5.61. The van der Waals surface area contributed by atoms with E-state index in [1.807, 2.05) is 0 Å². The second-order valence-corrected chi connectivity index (χ2v) is 6.81. The van der Waals surface area contributed by atoms with Gasteiger partial charge in [-0.05, 0) is 31.2 Å². The Morgan fingerprint density at radius 3 is 2.24 bits per heavy atom. The molecule has 0 radical (unpaired) electrons. The third-order valence-corrected chi connectivity index (χ3v) is 4.93. The zero-order valence-corrected chi connectivity index (χ0v) is 17.9. The Hall–Kier alpha value is -4.54. The molecule has 0 spiro atoms. The van der Waals surface area contributed by atoms with E-state index in [1.165, 1.54) is 60.1 Å². The van der Waals surface area contributed by atoms with E-state index in [2.05, 4.69) is 10.1 Å². The summed E-state index contributed by atoms with van der Waals surface area (Å²) in [7, 11) is 2.42. The second-order valence-electron chi connectivity index (χ2n) is 6.81. The molecule has 0 aliphatic heterocycles. The molecule has 4 aromatic rings. The summed E-state index contributed by atoms with van der Waals surface area (Å²) in [6, 6.07) is 5.77. The first-order valence-corrected chi connectivity index (χ1v) is 9.77. The van der Waals surface area contributed by atoms with Gasteiger partial charge in [0.25, 0.3) is 5.56 Å². The highest BCUT2D eigenvalue weighted by Crippen LogP contribution is 2.19. The summed E-state index contributed by atoms with van der Waals surface area (Å²) in [4.78, 5) is 53.8. The third kappa shape index (κ3) is 3.69. The number of fused-ring (bicyclic) bond motifs is 3. The molecule has 33 heavy (non-hydrogen) atoms. The number of ether oxygens (including phenoxy) is 3. The van der Waals surface area contributed by atoms with Crippen molar-refractivity contribution in [3.8, 4) is 5.69 Å². The largest absolute Gasteiger partial charge is 0.465 e. The van der Waals surface area contributed by atoms with Crippen molar-refractivity contribution in [2.75, 3.05) is 20.8 Å². The average molecular weight is 450 g/mol. The van der Waals surface area contributed by atoms with Crippen LogP contribution in [-0.2, 0) is 14.2 Å². The van der Waals surface area contributed by atoms with Crippen molar-refractivity contribution >= 4 is 34.5 Å².